The molecule has 1 aromatic heterocycles. The number of hydrogen-bond donors (Lipinski definition) is 0. The smallest absolute Gasteiger partial charge is 0.289 e. The van der Waals surface area contributed by atoms with Crippen molar-refractivity contribution in [2.45, 2.75) is 6.92 Å². The van der Waals surface area contributed by atoms with Gasteiger partial charge in [-0.15, -0.1) is 0 Å². The summed E-state index contributed by atoms with van der Waals surface area (Å²) in [5.74, 6) is 0.378. The zero-order chi connectivity index (χ0) is 18.0. The van der Waals surface area contributed by atoms with Crippen molar-refractivity contribution >= 4 is 32.8 Å². The van der Waals surface area contributed by atoms with Crippen molar-refractivity contribution in [2.75, 3.05) is 20.2 Å². The number of carbonyl (C=O) groups excluding carboxylic acids is 1. The van der Waals surface area contributed by atoms with E-state index in [1.54, 1.807) is 24.1 Å². The Morgan fingerprint density at radius 1 is 1.24 bits per heavy atom. The van der Waals surface area contributed by atoms with Gasteiger partial charge in [0.2, 0.25) is 0 Å². The second-order valence-electron chi connectivity index (χ2n) is 5.73. The zero-order valence-corrected chi connectivity index (χ0v) is 15.5. The molecule has 1 heterocycles. The first-order valence-corrected chi connectivity index (χ1v) is 8.57. The summed E-state index contributed by atoms with van der Waals surface area (Å²) in [5, 5.41) is 0.911. The predicted molar refractivity (Wildman–Crippen MR) is 97.5 cm³/mol. The van der Waals surface area contributed by atoms with Crippen LogP contribution in [0.2, 0.25) is 0 Å². The minimum atomic E-state index is -0.313. The van der Waals surface area contributed by atoms with Gasteiger partial charge in [-0.3, -0.25) is 4.79 Å². The molecule has 25 heavy (non-hydrogen) atoms. The van der Waals surface area contributed by atoms with E-state index in [1.807, 2.05) is 25.1 Å². The Morgan fingerprint density at radius 3 is 2.68 bits per heavy atom. The molecule has 3 aromatic rings. The molecule has 3 rings (SSSR count). The van der Waals surface area contributed by atoms with Crippen molar-refractivity contribution in [2.24, 2.45) is 0 Å². The standard InChI is InChI=1S/C19H17BrFNO3/c1-12-16-11-13(20)3-8-17(16)25-18(12)19(23)22(2)9-10-24-15-6-4-14(21)5-7-15/h3-8,11H,9-10H2,1-2H3. The molecule has 0 aliphatic heterocycles. The molecule has 4 nitrogen and oxygen atoms in total. The fourth-order valence-corrected chi connectivity index (χ4v) is 2.86. The highest BCUT2D eigenvalue weighted by molar-refractivity contribution is 9.10. The van der Waals surface area contributed by atoms with Gasteiger partial charge < -0.3 is 14.1 Å². The van der Waals surface area contributed by atoms with Gasteiger partial charge in [0.05, 0.1) is 6.54 Å². The Bertz CT molecular complexity index is 905. The van der Waals surface area contributed by atoms with Gasteiger partial charge in [-0.05, 0) is 49.4 Å². The van der Waals surface area contributed by atoms with Crippen LogP contribution in [0.15, 0.2) is 51.4 Å². The average Bonchev–Trinajstić information content (AvgIpc) is 2.92. The third-order valence-corrected chi connectivity index (χ3v) is 4.44. The first kappa shape index (κ1) is 17.5. The summed E-state index contributed by atoms with van der Waals surface area (Å²) in [6.07, 6.45) is 0. The molecule has 0 saturated heterocycles. The number of aryl methyl sites for hydroxylation is 1. The summed E-state index contributed by atoms with van der Waals surface area (Å²) in [5.41, 5.74) is 1.49. The molecule has 2 aromatic carbocycles. The summed E-state index contributed by atoms with van der Waals surface area (Å²) in [7, 11) is 1.69. The molecule has 0 atom stereocenters. The molecule has 0 spiro atoms. The van der Waals surface area contributed by atoms with E-state index in [2.05, 4.69) is 15.9 Å². The van der Waals surface area contributed by atoms with Gasteiger partial charge in [0, 0.05) is 22.5 Å². The molecule has 1 amide bonds. The van der Waals surface area contributed by atoms with Gasteiger partial charge in [0.1, 0.15) is 23.8 Å². The van der Waals surface area contributed by atoms with E-state index < -0.39 is 0 Å². The van der Waals surface area contributed by atoms with Crippen LogP contribution >= 0.6 is 15.9 Å². The summed E-state index contributed by atoms with van der Waals surface area (Å²) >= 11 is 3.43. The lowest BCUT2D eigenvalue weighted by Crippen LogP contribution is -2.31. The highest BCUT2D eigenvalue weighted by Gasteiger charge is 2.21. The Balaban J connectivity index is 1.66. The largest absolute Gasteiger partial charge is 0.492 e. The number of fused-ring (bicyclic) bond motifs is 1. The fraction of sp³-hybridized carbons (Fsp3) is 0.211. The maximum atomic E-state index is 12.9. The Kier molecular flexibility index (Phi) is 5.08. The molecular weight excluding hydrogens is 389 g/mol. The number of likely N-dealkylation sites (N-methyl/N-ethyl adjacent to an activating group) is 1. The lowest BCUT2D eigenvalue weighted by Gasteiger charge is -2.16. The maximum Gasteiger partial charge on any atom is 0.289 e. The molecule has 0 saturated carbocycles. The number of halogens is 2. The number of furan rings is 1. The predicted octanol–water partition coefficient (Wildman–Crippen LogP) is 4.79. The summed E-state index contributed by atoms with van der Waals surface area (Å²) in [6, 6.07) is 11.4. The summed E-state index contributed by atoms with van der Waals surface area (Å²) < 4.78 is 25.0. The molecule has 0 N–H and O–H groups in total. The quantitative estimate of drug-likeness (QED) is 0.612. The third kappa shape index (κ3) is 3.85. The van der Waals surface area contributed by atoms with Crippen molar-refractivity contribution < 1.29 is 18.3 Å². The molecule has 0 unspecified atom stereocenters. The molecule has 0 aliphatic rings. The van der Waals surface area contributed by atoms with Crippen molar-refractivity contribution in [3.05, 3.63) is 64.1 Å². The van der Waals surface area contributed by atoms with Crippen LogP contribution in [0.5, 0.6) is 5.75 Å². The molecular formula is C19H17BrFNO3. The molecule has 0 bridgehead atoms. The van der Waals surface area contributed by atoms with Gasteiger partial charge >= 0.3 is 0 Å². The minimum Gasteiger partial charge on any atom is -0.492 e. The Labute approximate surface area is 153 Å². The fourth-order valence-electron chi connectivity index (χ4n) is 2.50. The summed E-state index contributed by atoms with van der Waals surface area (Å²) in [6.45, 7) is 2.56. The second-order valence-corrected chi connectivity index (χ2v) is 6.64. The van der Waals surface area contributed by atoms with Crippen molar-refractivity contribution in [1.82, 2.24) is 4.90 Å². The molecule has 0 fully saturated rings. The van der Waals surface area contributed by atoms with Crippen LogP contribution in [0.1, 0.15) is 16.1 Å². The van der Waals surface area contributed by atoms with Crippen molar-refractivity contribution in [3.8, 4) is 5.75 Å². The maximum absolute atomic E-state index is 12.9. The zero-order valence-electron chi connectivity index (χ0n) is 13.9. The SMILES string of the molecule is Cc1c(C(=O)N(C)CCOc2ccc(F)cc2)oc2ccc(Br)cc12. The van der Waals surface area contributed by atoms with Gasteiger partial charge in [-0.25, -0.2) is 4.39 Å². The van der Waals surface area contributed by atoms with E-state index in [9.17, 15) is 9.18 Å². The number of nitrogens with zero attached hydrogens (tertiary/aromatic N) is 1. The molecule has 130 valence electrons. The molecule has 0 radical (unpaired) electrons. The van der Waals surface area contributed by atoms with Crippen LogP contribution in [0.4, 0.5) is 4.39 Å². The number of rotatable bonds is 5. The van der Waals surface area contributed by atoms with Crippen LogP contribution in [0.25, 0.3) is 11.0 Å². The third-order valence-electron chi connectivity index (χ3n) is 3.95. The lowest BCUT2D eigenvalue weighted by molar-refractivity contribution is 0.0744. The van der Waals surface area contributed by atoms with Crippen molar-refractivity contribution in [3.63, 3.8) is 0 Å². The van der Waals surface area contributed by atoms with Crippen LogP contribution in [-0.4, -0.2) is 31.0 Å². The van der Waals surface area contributed by atoms with E-state index >= 15 is 0 Å². The van der Waals surface area contributed by atoms with E-state index in [0.29, 0.717) is 30.2 Å². The summed E-state index contributed by atoms with van der Waals surface area (Å²) in [4.78, 5) is 14.2. The second kappa shape index (κ2) is 7.27. The lowest BCUT2D eigenvalue weighted by atomic mass is 10.1. The first-order chi connectivity index (χ1) is 12.0. The Hall–Kier alpha value is -2.34. The van der Waals surface area contributed by atoms with E-state index in [4.69, 9.17) is 9.15 Å². The van der Waals surface area contributed by atoms with Crippen LogP contribution in [0.3, 0.4) is 0 Å². The number of ether oxygens (including phenoxy) is 1. The molecule has 6 heteroatoms. The number of benzene rings is 2. The van der Waals surface area contributed by atoms with Crippen LogP contribution < -0.4 is 4.74 Å². The van der Waals surface area contributed by atoms with Crippen molar-refractivity contribution in [1.29, 1.82) is 0 Å². The van der Waals surface area contributed by atoms with Gasteiger partial charge in [-0.2, -0.15) is 0 Å². The first-order valence-electron chi connectivity index (χ1n) is 7.78. The van der Waals surface area contributed by atoms with E-state index in [1.165, 1.54) is 12.1 Å². The van der Waals surface area contributed by atoms with Gasteiger partial charge in [0.25, 0.3) is 5.91 Å². The van der Waals surface area contributed by atoms with Gasteiger partial charge in [0.15, 0.2) is 5.76 Å². The number of amides is 1. The van der Waals surface area contributed by atoms with E-state index in [-0.39, 0.29) is 11.7 Å². The Morgan fingerprint density at radius 2 is 1.96 bits per heavy atom. The topological polar surface area (TPSA) is 42.7 Å². The van der Waals surface area contributed by atoms with Crippen LogP contribution in [0, 0.1) is 12.7 Å². The van der Waals surface area contributed by atoms with E-state index in [0.717, 1.165) is 15.4 Å². The number of hydrogen-bond acceptors (Lipinski definition) is 3. The normalized spacial score (nSPS) is 10.9. The highest BCUT2D eigenvalue weighted by atomic mass is 79.9. The van der Waals surface area contributed by atoms with Crippen LogP contribution in [-0.2, 0) is 0 Å². The highest BCUT2D eigenvalue weighted by Crippen LogP contribution is 2.28. The monoisotopic (exact) mass is 405 g/mol. The van der Waals surface area contributed by atoms with Gasteiger partial charge in [-0.1, -0.05) is 15.9 Å². The molecule has 0 aliphatic carbocycles. The minimum absolute atomic E-state index is 0.201. The average molecular weight is 406 g/mol. The number of carbonyl (C=O) groups is 1.